The highest BCUT2D eigenvalue weighted by Gasteiger charge is 2.10. The summed E-state index contributed by atoms with van der Waals surface area (Å²) in [6.45, 7) is 1.86. The van der Waals surface area contributed by atoms with E-state index in [2.05, 4.69) is 5.10 Å². The van der Waals surface area contributed by atoms with Gasteiger partial charge in [-0.15, -0.1) is 0 Å². The molecule has 1 amide bonds. The van der Waals surface area contributed by atoms with E-state index in [-0.39, 0.29) is 17.4 Å². The predicted molar refractivity (Wildman–Crippen MR) is 69.4 cm³/mol. The minimum absolute atomic E-state index is 0.0311. The van der Waals surface area contributed by atoms with E-state index in [0.29, 0.717) is 6.42 Å². The molecular weight excluding hydrogens is 247 g/mol. The van der Waals surface area contributed by atoms with Crippen LogP contribution < -0.4 is 11.5 Å². The largest absolute Gasteiger partial charge is 0.364 e. The van der Waals surface area contributed by atoms with E-state index in [1.54, 1.807) is 12.1 Å². The van der Waals surface area contributed by atoms with Gasteiger partial charge in [0.2, 0.25) is 0 Å². The Morgan fingerprint density at radius 3 is 2.74 bits per heavy atom. The number of nitrogens with zero attached hydrogens (tertiary/aromatic N) is 2. The van der Waals surface area contributed by atoms with Gasteiger partial charge in [0.1, 0.15) is 17.2 Å². The van der Waals surface area contributed by atoms with Gasteiger partial charge in [0.05, 0.1) is 0 Å². The average molecular weight is 262 g/mol. The van der Waals surface area contributed by atoms with Gasteiger partial charge >= 0.3 is 0 Å². The zero-order valence-electron chi connectivity index (χ0n) is 10.5. The predicted octanol–water partition coefficient (Wildman–Crippen LogP) is 1.00. The summed E-state index contributed by atoms with van der Waals surface area (Å²) >= 11 is 0. The Balaban J connectivity index is 2.32. The monoisotopic (exact) mass is 262 g/mol. The second-order valence-electron chi connectivity index (χ2n) is 4.48. The molecule has 0 saturated heterocycles. The first-order chi connectivity index (χ1) is 8.97. The molecule has 0 spiro atoms. The molecular formula is C13H15FN4O. The molecule has 4 N–H and O–H groups in total. The molecule has 19 heavy (non-hydrogen) atoms. The summed E-state index contributed by atoms with van der Waals surface area (Å²) in [6.07, 6.45) is 2.09. The molecule has 0 aliphatic heterocycles. The second-order valence-corrected chi connectivity index (χ2v) is 4.48. The normalized spacial score (nSPS) is 12.4. The molecule has 6 heteroatoms. The van der Waals surface area contributed by atoms with Crippen LogP contribution in [-0.2, 0) is 6.42 Å². The fraction of sp³-hybridized carbons (Fsp3) is 0.231. The highest BCUT2D eigenvalue weighted by molar-refractivity contribution is 5.90. The van der Waals surface area contributed by atoms with Crippen LogP contribution >= 0.6 is 0 Å². The van der Waals surface area contributed by atoms with Crippen molar-refractivity contribution in [2.75, 3.05) is 0 Å². The van der Waals surface area contributed by atoms with Crippen molar-refractivity contribution in [1.82, 2.24) is 9.78 Å². The number of aromatic nitrogens is 2. The third-order valence-corrected chi connectivity index (χ3v) is 2.66. The van der Waals surface area contributed by atoms with E-state index in [9.17, 15) is 9.18 Å². The van der Waals surface area contributed by atoms with Gasteiger partial charge in [0, 0.05) is 12.2 Å². The first-order valence-electron chi connectivity index (χ1n) is 5.87. The molecule has 2 aromatic rings. The summed E-state index contributed by atoms with van der Waals surface area (Å²) in [5.41, 5.74) is 11.9. The number of carbonyl (C=O) groups is 1. The Kier molecular flexibility index (Phi) is 3.62. The zero-order chi connectivity index (χ0) is 14.0. The standard InChI is InChI=1S/C13H15FN4O/c1-8(15)6-9-2-3-12(10(14)7-9)18-5-4-11(17-18)13(16)19/h2-5,7-8H,6,15H2,1H3,(H2,16,19). The summed E-state index contributed by atoms with van der Waals surface area (Å²) in [4.78, 5) is 10.9. The van der Waals surface area contributed by atoms with E-state index >= 15 is 0 Å². The number of rotatable bonds is 4. The second kappa shape index (κ2) is 5.19. The van der Waals surface area contributed by atoms with Crippen LogP contribution in [0.4, 0.5) is 4.39 Å². The molecule has 1 unspecified atom stereocenters. The van der Waals surface area contributed by atoms with Crippen LogP contribution in [-0.4, -0.2) is 21.7 Å². The van der Waals surface area contributed by atoms with Crippen molar-refractivity contribution in [1.29, 1.82) is 0 Å². The summed E-state index contributed by atoms with van der Waals surface area (Å²) in [6, 6.07) is 6.22. The van der Waals surface area contributed by atoms with Crippen molar-refractivity contribution in [2.24, 2.45) is 11.5 Å². The van der Waals surface area contributed by atoms with Crippen molar-refractivity contribution in [3.63, 3.8) is 0 Å². The molecule has 0 saturated carbocycles. The number of primary amides is 1. The first kappa shape index (κ1) is 13.2. The minimum atomic E-state index is -0.646. The first-order valence-corrected chi connectivity index (χ1v) is 5.87. The summed E-state index contributed by atoms with van der Waals surface area (Å²) in [5, 5.41) is 3.91. The van der Waals surface area contributed by atoms with Crippen LogP contribution in [0.15, 0.2) is 30.5 Å². The van der Waals surface area contributed by atoms with Gasteiger partial charge in [0.15, 0.2) is 0 Å². The van der Waals surface area contributed by atoms with Crippen LogP contribution in [0.25, 0.3) is 5.69 Å². The summed E-state index contributed by atoms with van der Waals surface area (Å²) < 4.78 is 15.3. The highest BCUT2D eigenvalue weighted by atomic mass is 19.1. The molecule has 2 rings (SSSR count). The smallest absolute Gasteiger partial charge is 0.269 e. The lowest BCUT2D eigenvalue weighted by atomic mass is 10.1. The summed E-state index contributed by atoms with van der Waals surface area (Å²) in [7, 11) is 0. The lowest BCUT2D eigenvalue weighted by molar-refractivity contribution is 0.0995. The number of nitrogens with two attached hydrogens (primary N) is 2. The maximum absolute atomic E-state index is 14.0. The number of hydrogen-bond donors (Lipinski definition) is 2. The Hall–Kier alpha value is -2.21. The Morgan fingerprint density at radius 2 is 2.21 bits per heavy atom. The zero-order valence-corrected chi connectivity index (χ0v) is 10.5. The van der Waals surface area contributed by atoms with Gasteiger partial charge in [-0.2, -0.15) is 5.10 Å². The van der Waals surface area contributed by atoms with Crippen LogP contribution in [0, 0.1) is 5.82 Å². The van der Waals surface area contributed by atoms with Gasteiger partial charge in [-0.3, -0.25) is 4.79 Å². The molecule has 0 aliphatic carbocycles. The molecule has 0 aliphatic rings. The quantitative estimate of drug-likeness (QED) is 0.861. The third-order valence-electron chi connectivity index (χ3n) is 2.66. The Labute approximate surface area is 110 Å². The Bertz CT molecular complexity index is 606. The lowest BCUT2D eigenvalue weighted by Crippen LogP contribution is -2.18. The van der Waals surface area contributed by atoms with Gasteiger partial charge < -0.3 is 11.5 Å². The van der Waals surface area contributed by atoms with Crippen molar-refractivity contribution in [3.05, 3.63) is 47.5 Å². The maximum Gasteiger partial charge on any atom is 0.269 e. The fourth-order valence-corrected chi connectivity index (χ4v) is 1.82. The average Bonchev–Trinajstić information content (AvgIpc) is 2.77. The molecule has 0 fully saturated rings. The molecule has 0 radical (unpaired) electrons. The molecule has 1 aromatic carbocycles. The molecule has 1 heterocycles. The SMILES string of the molecule is CC(N)Cc1ccc(-n2ccc(C(N)=O)n2)c(F)c1. The van der Waals surface area contributed by atoms with E-state index in [4.69, 9.17) is 11.5 Å². The van der Waals surface area contributed by atoms with Gasteiger partial charge in [0.25, 0.3) is 5.91 Å². The number of hydrogen-bond acceptors (Lipinski definition) is 3. The van der Waals surface area contributed by atoms with Gasteiger partial charge in [-0.05, 0) is 37.1 Å². The number of benzene rings is 1. The van der Waals surface area contributed by atoms with Crippen molar-refractivity contribution in [2.45, 2.75) is 19.4 Å². The molecule has 5 nitrogen and oxygen atoms in total. The fourth-order valence-electron chi connectivity index (χ4n) is 1.82. The topological polar surface area (TPSA) is 86.9 Å². The molecule has 0 bridgehead atoms. The maximum atomic E-state index is 14.0. The van der Waals surface area contributed by atoms with E-state index in [0.717, 1.165) is 5.56 Å². The molecule has 1 aromatic heterocycles. The van der Waals surface area contributed by atoms with Gasteiger partial charge in [-0.1, -0.05) is 6.07 Å². The molecule has 100 valence electrons. The van der Waals surface area contributed by atoms with Crippen molar-refractivity contribution in [3.8, 4) is 5.69 Å². The van der Waals surface area contributed by atoms with E-state index in [1.807, 2.05) is 6.92 Å². The highest BCUT2D eigenvalue weighted by Crippen LogP contribution is 2.16. The van der Waals surface area contributed by atoms with Crippen LogP contribution in [0.5, 0.6) is 0 Å². The van der Waals surface area contributed by atoms with Crippen molar-refractivity contribution >= 4 is 5.91 Å². The number of carbonyl (C=O) groups excluding carboxylic acids is 1. The van der Waals surface area contributed by atoms with Crippen LogP contribution in [0.2, 0.25) is 0 Å². The molecule has 1 atom stereocenters. The third kappa shape index (κ3) is 2.97. The minimum Gasteiger partial charge on any atom is -0.364 e. The Morgan fingerprint density at radius 1 is 1.47 bits per heavy atom. The lowest BCUT2D eigenvalue weighted by Gasteiger charge is -2.08. The number of halogens is 1. The van der Waals surface area contributed by atoms with Crippen molar-refractivity contribution < 1.29 is 9.18 Å². The number of amides is 1. The van der Waals surface area contributed by atoms with Crippen LogP contribution in [0.1, 0.15) is 23.0 Å². The van der Waals surface area contributed by atoms with Crippen LogP contribution in [0.3, 0.4) is 0 Å². The van der Waals surface area contributed by atoms with Gasteiger partial charge in [-0.25, -0.2) is 9.07 Å². The van der Waals surface area contributed by atoms with E-state index in [1.165, 1.54) is 23.0 Å². The van der Waals surface area contributed by atoms with E-state index < -0.39 is 11.7 Å². The summed E-state index contributed by atoms with van der Waals surface area (Å²) in [5.74, 6) is -1.06.